The Morgan fingerprint density at radius 1 is 1.57 bits per heavy atom. The number of nitrogens with two attached hydrogens (primary N) is 1. The number of nitrogens with zero attached hydrogens (tertiary/aromatic N) is 1. The molecule has 3 nitrogen and oxygen atoms in total. The largest absolute Gasteiger partial charge is 0.375 e. The topological polar surface area (TPSA) is 50.9 Å². The van der Waals surface area contributed by atoms with Crippen molar-refractivity contribution in [2.75, 3.05) is 12.8 Å². The van der Waals surface area contributed by atoms with Crippen molar-refractivity contribution in [2.24, 2.45) is 5.41 Å². The average molecular weight is 211 g/mol. The van der Waals surface area contributed by atoms with Gasteiger partial charge in [-0.1, -0.05) is 13.8 Å². The summed E-state index contributed by atoms with van der Waals surface area (Å²) in [6.07, 6.45) is 2.21. The van der Waals surface area contributed by atoms with E-state index in [4.69, 9.17) is 5.73 Å². The Labute approximate surface area is 88.7 Å². The van der Waals surface area contributed by atoms with Crippen molar-refractivity contribution >= 4 is 16.5 Å². The van der Waals surface area contributed by atoms with Crippen molar-refractivity contribution in [2.45, 2.75) is 32.7 Å². The van der Waals surface area contributed by atoms with Crippen LogP contribution in [-0.4, -0.2) is 12.0 Å². The van der Waals surface area contributed by atoms with Crippen LogP contribution in [0.3, 0.4) is 0 Å². The normalized spacial score (nSPS) is 24.6. The van der Waals surface area contributed by atoms with Gasteiger partial charge in [0, 0.05) is 10.9 Å². The minimum absolute atomic E-state index is 0.335. The maximum atomic E-state index is 5.74. The van der Waals surface area contributed by atoms with Crippen LogP contribution in [0.2, 0.25) is 0 Å². The third-order valence-corrected chi connectivity index (χ3v) is 3.85. The fraction of sp³-hybridized carbons (Fsp3) is 0.700. The molecule has 0 saturated heterocycles. The minimum atomic E-state index is 0.335. The van der Waals surface area contributed by atoms with Gasteiger partial charge in [0.05, 0.1) is 5.69 Å². The van der Waals surface area contributed by atoms with Gasteiger partial charge in [0.2, 0.25) is 0 Å². The van der Waals surface area contributed by atoms with E-state index >= 15 is 0 Å². The Kier molecular flexibility index (Phi) is 2.27. The summed E-state index contributed by atoms with van der Waals surface area (Å²) in [5, 5.41) is 4.05. The second-order valence-electron chi connectivity index (χ2n) is 4.75. The zero-order valence-corrected chi connectivity index (χ0v) is 9.74. The molecule has 0 saturated carbocycles. The highest BCUT2D eigenvalue weighted by Crippen LogP contribution is 2.43. The van der Waals surface area contributed by atoms with Crippen molar-refractivity contribution in [3.05, 3.63) is 10.6 Å². The number of hydrogen-bond donors (Lipinski definition) is 2. The number of nitrogen functional groups attached to an aromatic ring is 1. The highest BCUT2D eigenvalue weighted by atomic mass is 32.1. The average Bonchev–Trinajstić information content (AvgIpc) is 2.41. The zero-order valence-electron chi connectivity index (χ0n) is 8.92. The predicted octanol–water partition coefficient (Wildman–Crippen LogP) is 1.96. The van der Waals surface area contributed by atoms with E-state index in [1.165, 1.54) is 10.6 Å². The van der Waals surface area contributed by atoms with E-state index < -0.39 is 0 Å². The Balaban J connectivity index is 2.40. The van der Waals surface area contributed by atoms with Crippen LogP contribution in [0, 0.1) is 5.41 Å². The predicted molar refractivity (Wildman–Crippen MR) is 60.4 cm³/mol. The first-order chi connectivity index (χ1) is 6.52. The molecular weight excluding hydrogens is 194 g/mol. The number of thiazole rings is 1. The Morgan fingerprint density at radius 2 is 2.29 bits per heavy atom. The fourth-order valence-corrected chi connectivity index (χ4v) is 3.15. The summed E-state index contributed by atoms with van der Waals surface area (Å²) in [6.45, 7) is 4.58. The first kappa shape index (κ1) is 9.93. The molecule has 2 rings (SSSR count). The quantitative estimate of drug-likeness (QED) is 0.746. The van der Waals surface area contributed by atoms with Gasteiger partial charge in [-0.3, -0.25) is 0 Å². The second-order valence-corrected chi connectivity index (χ2v) is 5.81. The summed E-state index contributed by atoms with van der Waals surface area (Å²) in [5.41, 5.74) is 7.28. The molecule has 1 aliphatic carbocycles. The fourth-order valence-electron chi connectivity index (χ4n) is 2.19. The molecule has 1 heterocycles. The molecule has 0 amide bonds. The van der Waals surface area contributed by atoms with Crippen molar-refractivity contribution in [3.63, 3.8) is 0 Å². The van der Waals surface area contributed by atoms with E-state index in [2.05, 4.69) is 24.1 Å². The van der Waals surface area contributed by atoms with Crippen LogP contribution in [0.1, 0.15) is 36.9 Å². The van der Waals surface area contributed by atoms with Gasteiger partial charge in [0.15, 0.2) is 5.13 Å². The Morgan fingerprint density at radius 3 is 2.93 bits per heavy atom. The molecule has 0 radical (unpaired) electrons. The van der Waals surface area contributed by atoms with Crippen molar-refractivity contribution < 1.29 is 0 Å². The van der Waals surface area contributed by atoms with Crippen LogP contribution >= 0.6 is 11.3 Å². The lowest BCUT2D eigenvalue weighted by Crippen LogP contribution is -2.30. The van der Waals surface area contributed by atoms with E-state index in [-0.39, 0.29) is 0 Å². The molecule has 1 aromatic heterocycles. The monoisotopic (exact) mass is 211 g/mol. The van der Waals surface area contributed by atoms with Gasteiger partial charge >= 0.3 is 0 Å². The first-order valence-corrected chi connectivity index (χ1v) is 5.76. The molecule has 0 spiro atoms. The molecular formula is C10H17N3S. The standard InChI is InChI=1S/C10H17N3S/c1-10(2)4-6(12-3)8-7(5-10)13-9(11)14-8/h6,12H,4-5H2,1-3H3,(H2,11,13). The van der Waals surface area contributed by atoms with E-state index in [1.807, 2.05) is 7.05 Å². The highest BCUT2D eigenvalue weighted by molar-refractivity contribution is 7.15. The lowest BCUT2D eigenvalue weighted by Gasteiger charge is -2.34. The van der Waals surface area contributed by atoms with Gasteiger partial charge in [-0.05, 0) is 25.3 Å². The Bertz CT molecular complexity index is 343. The summed E-state index contributed by atoms with van der Waals surface area (Å²) in [7, 11) is 2.01. The van der Waals surface area contributed by atoms with Crippen molar-refractivity contribution in [3.8, 4) is 0 Å². The van der Waals surface area contributed by atoms with E-state index in [9.17, 15) is 0 Å². The molecule has 1 unspecified atom stereocenters. The number of fused-ring (bicyclic) bond motifs is 1. The van der Waals surface area contributed by atoms with Crippen LogP contribution in [0.4, 0.5) is 5.13 Å². The molecule has 1 aromatic rings. The van der Waals surface area contributed by atoms with Crippen molar-refractivity contribution in [1.82, 2.24) is 10.3 Å². The molecule has 1 aliphatic rings. The maximum Gasteiger partial charge on any atom is 0.180 e. The van der Waals surface area contributed by atoms with E-state index in [0.717, 1.165) is 12.8 Å². The van der Waals surface area contributed by atoms with Gasteiger partial charge in [0.1, 0.15) is 0 Å². The molecule has 1 atom stereocenters. The molecule has 0 bridgehead atoms. The highest BCUT2D eigenvalue weighted by Gasteiger charge is 2.33. The smallest absolute Gasteiger partial charge is 0.180 e. The van der Waals surface area contributed by atoms with E-state index in [1.54, 1.807) is 11.3 Å². The van der Waals surface area contributed by atoms with Crippen LogP contribution in [-0.2, 0) is 6.42 Å². The molecule has 0 aliphatic heterocycles. The van der Waals surface area contributed by atoms with Gasteiger partial charge in [-0.25, -0.2) is 4.98 Å². The van der Waals surface area contributed by atoms with E-state index in [0.29, 0.717) is 16.6 Å². The molecule has 0 aromatic carbocycles. The third-order valence-electron chi connectivity index (χ3n) is 2.81. The summed E-state index contributed by atoms with van der Waals surface area (Å²) in [6, 6.07) is 0.434. The number of hydrogen-bond acceptors (Lipinski definition) is 4. The number of anilines is 1. The molecule has 3 N–H and O–H groups in total. The lowest BCUT2D eigenvalue weighted by atomic mass is 9.76. The maximum absolute atomic E-state index is 5.74. The van der Waals surface area contributed by atoms with Crippen molar-refractivity contribution in [1.29, 1.82) is 0 Å². The number of rotatable bonds is 1. The Hall–Kier alpha value is -0.610. The summed E-state index contributed by atoms with van der Waals surface area (Å²) < 4.78 is 0. The zero-order chi connectivity index (χ0) is 10.3. The lowest BCUT2D eigenvalue weighted by molar-refractivity contribution is 0.265. The number of nitrogens with one attached hydrogen (secondary N) is 1. The first-order valence-electron chi connectivity index (χ1n) is 4.94. The summed E-state index contributed by atoms with van der Waals surface area (Å²) >= 11 is 1.63. The van der Waals surface area contributed by atoms with Crippen LogP contribution in [0.15, 0.2) is 0 Å². The molecule has 0 fully saturated rings. The minimum Gasteiger partial charge on any atom is -0.375 e. The van der Waals surface area contributed by atoms with Gasteiger partial charge in [0.25, 0.3) is 0 Å². The molecule has 78 valence electrons. The second kappa shape index (κ2) is 3.21. The number of aromatic nitrogens is 1. The van der Waals surface area contributed by atoms with Crippen LogP contribution in [0.5, 0.6) is 0 Å². The summed E-state index contributed by atoms with van der Waals surface area (Å²) in [5.74, 6) is 0. The van der Waals surface area contributed by atoms with Gasteiger partial charge in [-0.15, -0.1) is 11.3 Å². The van der Waals surface area contributed by atoms with Crippen LogP contribution < -0.4 is 11.1 Å². The SMILES string of the molecule is CNC1CC(C)(C)Cc2nc(N)sc21. The molecule has 14 heavy (non-hydrogen) atoms. The van der Waals surface area contributed by atoms with Crippen LogP contribution in [0.25, 0.3) is 0 Å². The van der Waals surface area contributed by atoms with Gasteiger partial charge < -0.3 is 11.1 Å². The van der Waals surface area contributed by atoms with Gasteiger partial charge in [-0.2, -0.15) is 0 Å². The third kappa shape index (κ3) is 1.64. The summed E-state index contributed by atoms with van der Waals surface area (Å²) in [4.78, 5) is 5.74. The molecule has 4 heteroatoms.